The predicted molar refractivity (Wildman–Crippen MR) is 102 cm³/mol. The molecule has 3 aliphatic rings. The van der Waals surface area contributed by atoms with Gasteiger partial charge in [-0.1, -0.05) is 37.3 Å². The van der Waals surface area contributed by atoms with Crippen LogP contribution in [0, 0.1) is 5.92 Å². The van der Waals surface area contributed by atoms with E-state index in [0.29, 0.717) is 32.0 Å². The molecule has 146 valence electrons. The van der Waals surface area contributed by atoms with Crippen molar-refractivity contribution in [2.45, 2.75) is 50.1 Å². The van der Waals surface area contributed by atoms with E-state index in [0.717, 1.165) is 24.8 Å². The molecule has 4 rings (SSSR count). The summed E-state index contributed by atoms with van der Waals surface area (Å²) in [5.41, 5.74) is 0.769. The SMILES string of the molecule is CCCNC(=O)N1CC2(C1)[C@@H](c1ccccc1)[C@@H](CO)N2C(=O)CC1CC1. The van der Waals surface area contributed by atoms with Gasteiger partial charge in [-0.3, -0.25) is 4.79 Å². The van der Waals surface area contributed by atoms with Crippen molar-refractivity contribution in [2.24, 2.45) is 5.92 Å². The second-order valence-electron chi connectivity index (χ2n) is 8.24. The minimum atomic E-state index is -0.371. The predicted octanol–water partition coefficient (Wildman–Crippen LogP) is 1.95. The molecule has 6 heteroatoms. The highest BCUT2D eigenvalue weighted by Gasteiger charge is 2.68. The highest BCUT2D eigenvalue weighted by Crippen LogP contribution is 2.54. The Kier molecular flexibility index (Phi) is 4.84. The van der Waals surface area contributed by atoms with Crippen LogP contribution in [0.2, 0.25) is 0 Å². The van der Waals surface area contributed by atoms with Crippen LogP contribution < -0.4 is 5.32 Å². The van der Waals surface area contributed by atoms with Gasteiger partial charge >= 0.3 is 6.03 Å². The van der Waals surface area contributed by atoms with Crippen molar-refractivity contribution in [3.05, 3.63) is 35.9 Å². The Morgan fingerprint density at radius 2 is 1.93 bits per heavy atom. The van der Waals surface area contributed by atoms with Crippen LogP contribution in [0.15, 0.2) is 30.3 Å². The van der Waals surface area contributed by atoms with E-state index >= 15 is 0 Å². The summed E-state index contributed by atoms with van der Waals surface area (Å²) in [4.78, 5) is 29.0. The molecule has 2 heterocycles. The lowest BCUT2D eigenvalue weighted by molar-refractivity contribution is -0.193. The van der Waals surface area contributed by atoms with Gasteiger partial charge in [0, 0.05) is 32.0 Å². The molecule has 1 aromatic rings. The van der Waals surface area contributed by atoms with Gasteiger partial charge in [0.1, 0.15) is 0 Å². The molecule has 0 aromatic heterocycles. The van der Waals surface area contributed by atoms with Crippen molar-refractivity contribution in [1.29, 1.82) is 0 Å². The molecular weight excluding hydrogens is 342 g/mol. The van der Waals surface area contributed by atoms with Crippen LogP contribution in [0.1, 0.15) is 44.1 Å². The summed E-state index contributed by atoms with van der Waals surface area (Å²) in [7, 11) is 0. The molecule has 2 atom stereocenters. The summed E-state index contributed by atoms with van der Waals surface area (Å²) in [5.74, 6) is 0.716. The van der Waals surface area contributed by atoms with Crippen molar-refractivity contribution >= 4 is 11.9 Å². The third kappa shape index (κ3) is 3.10. The lowest BCUT2D eigenvalue weighted by Gasteiger charge is -2.70. The van der Waals surface area contributed by atoms with Crippen molar-refractivity contribution in [3.8, 4) is 0 Å². The molecule has 27 heavy (non-hydrogen) atoms. The highest BCUT2D eigenvalue weighted by molar-refractivity contribution is 5.82. The van der Waals surface area contributed by atoms with Gasteiger partial charge in [-0.25, -0.2) is 4.79 Å². The topological polar surface area (TPSA) is 72.9 Å². The Morgan fingerprint density at radius 1 is 1.22 bits per heavy atom. The summed E-state index contributed by atoms with van der Waals surface area (Å²) in [5, 5.41) is 13.0. The number of carbonyl (C=O) groups is 2. The number of carbonyl (C=O) groups excluding carboxylic acids is 2. The van der Waals surface area contributed by atoms with Gasteiger partial charge in [0.2, 0.25) is 5.91 Å². The van der Waals surface area contributed by atoms with E-state index in [1.807, 2.05) is 30.0 Å². The summed E-state index contributed by atoms with van der Waals surface area (Å²) in [6, 6.07) is 9.85. The van der Waals surface area contributed by atoms with Crippen molar-refractivity contribution < 1.29 is 14.7 Å². The van der Waals surface area contributed by atoms with Gasteiger partial charge in [0.05, 0.1) is 18.2 Å². The fourth-order valence-corrected chi connectivity index (χ4v) is 4.84. The molecule has 1 saturated carbocycles. The van der Waals surface area contributed by atoms with E-state index in [2.05, 4.69) is 17.4 Å². The maximum absolute atomic E-state index is 13.0. The molecule has 0 unspecified atom stereocenters. The monoisotopic (exact) mass is 371 g/mol. The maximum atomic E-state index is 13.0. The molecular formula is C21H29N3O3. The zero-order valence-corrected chi connectivity index (χ0v) is 15.9. The first kappa shape index (κ1) is 18.3. The Balaban J connectivity index is 1.55. The van der Waals surface area contributed by atoms with Gasteiger partial charge in [-0.15, -0.1) is 0 Å². The smallest absolute Gasteiger partial charge is 0.317 e. The number of urea groups is 1. The van der Waals surface area contributed by atoms with E-state index < -0.39 is 0 Å². The van der Waals surface area contributed by atoms with E-state index in [-0.39, 0.29) is 36.0 Å². The number of nitrogens with one attached hydrogen (secondary N) is 1. The fraction of sp³-hybridized carbons (Fsp3) is 0.619. The zero-order valence-electron chi connectivity index (χ0n) is 15.9. The normalized spacial score (nSPS) is 25.7. The molecule has 2 N–H and O–H groups in total. The highest BCUT2D eigenvalue weighted by atomic mass is 16.3. The quantitative estimate of drug-likeness (QED) is 0.803. The summed E-state index contributed by atoms with van der Waals surface area (Å²) >= 11 is 0. The van der Waals surface area contributed by atoms with Crippen molar-refractivity contribution in [3.63, 3.8) is 0 Å². The van der Waals surface area contributed by atoms with Crippen molar-refractivity contribution in [1.82, 2.24) is 15.1 Å². The lowest BCUT2D eigenvalue weighted by atomic mass is 9.60. The van der Waals surface area contributed by atoms with Crippen LogP contribution >= 0.6 is 0 Å². The Morgan fingerprint density at radius 3 is 2.52 bits per heavy atom. The Hall–Kier alpha value is -2.08. The number of rotatable bonds is 6. The fourth-order valence-electron chi connectivity index (χ4n) is 4.84. The first-order chi connectivity index (χ1) is 13.1. The Bertz CT molecular complexity index is 698. The number of likely N-dealkylation sites (tertiary alicyclic amines) is 2. The second kappa shape index (κ2) is 7.15. The number of hydrogen-bond donors (Lipinski definition) is 2. The number of amides is 3. The summed E-state index contributed by atoms with van der Waals surface area (Å²) in [6.07, 6.45) is 3.73. The molecule has 0 bridgehead atoms. The average Bonchev–Trinajstić information content (AvgIpc) is 3.43. The molecule has 2 aliphatic heterocycles. The molecule has 3 fully saturated rings. The van der Waals surface area contributed by atoms with Gasteiger partial charge in [-0.05, 0) is 30.7 Å². The largest absolute Gasteiger partial charge is 0.394 e. The number of aliphatic hydroxyl groups is 1. The molecule has 3 amide bonds. The first-order valence-corrected chi connectivity index (χ1v) is 10.1. The number of hydrogen-bond acceptors (Lipinski definition) is 3. The third-order valence-electron chi connectivity index (χ3n) is 6.29. The zero-order chi connectivity index (χ0) is 19.0. The van der Waals surface area contributed by atoms with E-state index in [1.54, 1.807) is 4.90 Å². The number of nitrogens with zero attached hydrogens (tertiary/aromatic N) is 2. The Labute approximate surface area is 160 Å². The van der Waals surface area contributed by atoms with Gasteiger partial charge in [0.15, 0.2) is 0 Å². The van der Waals surface area contributed by atoms with E-state index in [1.165, 1.54) is 0 Å². The van der Waals surface area contributed by atoms with Crippen LogP contribution in [0.3, 0.4) is 0 Å². The van der Waals surface area contributed by atoms with E-state index in [4.69, 9.17) is 0 Å². The summed E-state index contributed by atoms with van der Waals surface area (Å²) in [6.45, 7) is 3.72. The number of benzene rings is 1. The second-order valence-corrected chi connectivity index (χ2v) is 8.24. The van der Waals surface area contributed by atoms with Gasteiger partial charge in [0.25, 0.3) is 0 Å². The molecule has 0 radical (unpaired) electrons. The number of aliphatic hydroxyl groups excluding tert-OH is 1. The summed E-state index contributed by atoms with van der Waals surface area (Å²) < 4.78 is 0. The minimum absolute atomic E-state index is 0.0419. The van der Waals surface area contributed by atoms with Crippen LogP contribution in [0.25, 0.3) is 0 Å². The molecule has 1 aliphatic carbocycles. The first-order valence-electron chi connectivity index (χ1n) is 10.1. The lowest BCUT2D eigenvalue weighted by Crippen LogP contribution is -2.86. The minimum Gasteiger partial charge on any atom is -0.394 e. The van der Waals surface area contributed by atoms with Crippen LogP contribution in [0.5, 0.6) is 0 Å². The van der Waals surface area contributed by atoms with Crippen LogP contribution in [-0.4, -0.2) is 64.7 Å². The van der Waals surface area contributed by atoms with Crippen LogP contribution in [-0.2, 0) is 4.79 Å². The maximum Gasteiger partial charge on any atom is 0.317 e. The molecule has 6 nitrogen and oxygen atoms in total. The standard InChI is InChI=1S/C21H29N3O3/c1-2-10-22-20(27)23-13-21(14-23)19(16-6-4-3-5-7-16)17(12-25)24(21)18(26)11-15-8-9-15/h3-7,15,17,19,25H,2,8-14H2,1H3,(H,22,27)/t17-,19+/m1/s1. The van der Waals surface area contributed by atoms with Crippen LogP contribution in [0.4, 0.5) is 4.79 Å². The van der Waals surface area contributed by atoms with E-state index in [9.17, 15) is 14.7 Å². The molecule has 2 saturated heterocycles. The molecule has 1 spiro atoms. The third-order valence-corrected chi connectivity index (χ3v) is 6.29. The van der Waals surface area contributed by atoms with Crippen molar-refractivity contribution in [2.75, 3.05) is 26.2 Å². The van der Waals surface area contributed by atoms with Gasteiger partial charge in [-0.2, -0.15) is 0 Å². The average molecular weight is 371 g/mol. The molecule has 1 aromatic carbocycles. The van der Waals surface area contributed by atoms with Gasteiger partial charge < -0.3 is 20.2 Å².